The van der Waals surface area contributed by atoms with E-state index in [0.717, 1.165) is 0 Å². The van der Waals surface area contributed by atoms with E-state index in [4.69, 9.17) is 4.74 Å². The molecule has 0 unspecified atom stereocenters. The second-order valence-electron chi connectivity index (χ2n) is 2.53. The fourth-order valence-electron chi connectivity index (χ4n) is 0.998. The van der Waals surface area contributed by atoms with Crippen molar-refractivity contribution in [3.63, 3.8) is 0 Å². The van der Waals surface area contributed by atoms with Gasteiger partial charge in [0.25, 0.3) is 5.69 Å². The SMILES string of the molecule is CC.COc1cc(C)c([N+](=O)[O-])cc1Br. The minimum absolute atomic E-state index is 0.0904. The van der Waals surface area contributed by atoms with E-state index in [-0.39, 0.29) is 5.69 Å². The van der Waals surface area contributed by atoms with Crippen molar-refractivity contribution in [1.82, 2.24) is 0 Å². The minimum atomic E-state index is -0.417. The maximum Gasteiger partial charge on any atom is 0.273 e. The van der Waals surface area contributed by atoms with E-state index in [1.54, 1.807) is 13.0 Å². The molecule has 0 aliphatic rings. The number of halogens is 1. The predicted octanol–water partition coefficient (Wildman–Crippen LogP) is 3.70. The highest BCUT2D eigenvalue weighted by molar-refractivity contribution is 9.10. The quantitative estimate of drug-likeness (QED) is 0.611. The monoisotopic (exact) mass is 275 g/mol. The topological polar surface area (TPSA) is 52.4 Å². The lowest BCUT2D eigenvalue weighted by Crippen LogP contribution is -1.93. The Morgan fingerprint density at radius 1 is 1.40 bits per heavy atom. The van der Waals surface area contributed by atoms with Gasteiger partial charge in [0.05, 0.1) is 16.5 Å². The molecule has 1 aromatic carbocycles. The first-order chi connectivity index (χ1) is 7.06. The first kappa shape index (κ1) is 13.9. The molecule has 0 spiro atoms. The first-order valence-corrected chi connectivity index (χ1v) is 5.34. The molecule has 0 fully saturated rings. The van der Waals surface area contributed by atoms with Gasteiger partial charge in [0, 0.05) is 11.6 Å². The molecule has 4 nitrogen and oxygen atoms in total. The fourth-order valence-corrected chi connectivity index (χ4v) is 1.49. The van der Waals surface area contributed by atoms with Crippen LogP contribution in [0.15, 0.2) is 16.6 Å². The summed E-state index contributed by atoms with van der Waals surface area (Å²) in [5.41, 5.74) is 0.678. The second kappa shape index (κ2) is 6.40. The van der Waals surface area contributed by atoms with E-state index in [0.29, 0.717) is 15.8 Å². The predicted molar refractivity (Wildman–Crippen MR) is 63.4 cm³/mol. The Kier molecular flexibility index (Phi) is 5.93. The molecule has 0 saturated heterocycles. The summed E-state index contributed by atoms with van der Waals surface area (Å²) in [6, 6.07) is 3.07. The molecule has 0 bridgehead atoms. The third kappa shape index (κ3) is 3.51. The molecule has 0 aromatic heterocycles. The molecule has 0 amide bonds. The Balaban J connectivity index is 0.000000921. The van der Waals surface area contributed by atoms with Gasteiger partial charge in [0.15, 0.2) is 0 Å². The van der Waals surface area contributed by atoms with Gasteiger partial charge in [-0.05, 0) is 28.9 Å². The molecule has 0 N–H and O–H groups in total. The van der Waals surface area contributed by atoms with Crippen molar-refractivity contribution in [3.05, 3.63) is 32.3 Å². The van der Waals surface area contributed by atoms with Crippen molar-refractivity contribution < 1.29 is 9.66 Å². The zero-order valence-corrected chi connectivity index (χ0v) is 10.8. The lowest BCUT2D eigenvalue weighted by atomic mass is 10.2. The Labute approximate surface area is 97.5 Å². The Morgan fingerprint density at radius 2 is 1.93 bits per heavy atom. The molecule has 1 aromatic rings. The van der Waals surface area contributed by atoms with Crippen LogP contribution in [0.1, 0.15) is 19.4 Å². The molecule has 84 valence electrons. The van der Waals surface area contributed by atoms with Crippen LogP contribution in [0.3, 0.4) is 0 Å². The number of benzene rings is 1. The molecule has 0 aliphatic carbocycles. The first-order valence-electron chi connectivity index (χ1n) is 4.54. The molecular formula is C10H14BrNO3. The third-order valence-electron chi connectivity index (χ3n) is 1.67. The summed E-state index contributed by atoms with van der Waals surface area (Å²) in [5.74, 6) is 0.600. The normalized spacial score (nSPS) is 8.87. The molecule has 0 radical (unpaired) electrons. The van der Waals surface area contributed by atoms with Crippen molar-refractivity contribution in [1.29, 1.82) is 0 Å². The summed E-state index contributed by atoms with van der Waals surface area (Å²) >= 11 is 3.18. The third-order valence-corrected chi connectivity index (χ3v) is 2.29. The number of methoxy groups -OCH3 is 1. The van der Waals surface area contributed by atoms with Gasteiger partial charge < -0.3 is 4.74 Å². The van der Waals surface area contributed by atoms with Crippen molar-refractivity contribution in [2.45, 2.75) is 20.8 Å². The molecular weight excluding hydrogens is 262 g/mol. The number of rotatable bonds is 2. The van der Waals surface area contributed by atoms with E-state index in [9.17, 15) is 10.1 Å². The van der Waals surface area contributed by atoms with Gasteiger partial charge in [-0.3, -0.25) is 10.1 Å². The van der Waals surface area contributed by atoms with Crippen LogP contribution >= 0.6 is 15.9 Å². The van der Waals surface area contributed by atoms with Crippen LogP contribution in [0.4, 0.5) is 5.69 Å². The summed E-state index contributed by atoms with van der Waals surface area (Å²) in [6.07, 6.45) is 0. The lowest BCUT2D eigenvalue weighted by Gasteiger charge is -2.04. The second-order valence-corrected chi connectivity index (χ2v) is 3.38. The zero-order valence-electron chi connectivity index (χ0n) is 9.20. The van der Waals surface area contributed by atoms with Crippen LogP contribution in [0.5, 0.6) is 5.75 Å². The summed E-state index contributed by atoms with van der Waals surface area (Å²) in [7, 11) is 1.52. The molecule has 5 heteroatoms. The molecule has 0 saturated carbocycles. The van der Waals surface area contributed by atoms with Crippen LogP contribution < -0.4 is 4.74 Å². The number of nitro benzene ring substituents is 1. The van der Waals surface area contributed by atoms with Gasteiger partial charge in [-0.25, -0.2) is 0 Å². The number of nitro groups is 1. The number of aryl methyl sites for hydroxylation is 1. The van der Waals surface area contributed by atoms with Crippen LogP contribution in [-0.4, -0.2) is 12.0 Å². The summed E-state index contributed by atoms with van der Waals surface area (Å²) in [4.78, 5) is 10.1. The Bertz CT molecular complexity index is 353. The van der Waals surface area contributed by atoms with E-state index >= 15 is 0 Å². The van der Waals surface area contributed by atoms with Crippen LogP contribution in [0.2, 0.25) is 0 Å². The highest BCUT2D eigenvalue weighted by Gasteiger charge is 2.13. The molecule has 0 heterocycles. The van der Waals surface area contributed by atoms with Crippen LogP contribution in [0.25, 0.3) is 0 Å². The van der Waals surface area contributed by atoms with Gasteiger partial charge in [0.2, 0.25) is 0 Å². The Hall–Kier alpha value is -1.10. The maximum atomic E-state index is 10.5. The van der Waals surface area contributed by atoms with E-state index < -0.39 is 4.92 Å². The molecule has 0 atom stereocenters. The average Bonchev–Trinajstić information content (AvgIpc) is 2.23. The van der Waals surface area contributed by atoms with Gasteiger partial charge >= 0.3 is 0 Å². The summed E-state index contributed by atoms with van der Waals surface area (Å²) < 4.78 is 5.58. The Morgan fingerprint density at radius 3 is 2.33 bits per heavy atom. The van der Waals surface area contributed by atoms with Crippen molar-refractivity contribution in [2.75, 3.05) is 7.11 Å². The molecule has 0 aliphatic heterocycles. The minimum Gasteiger partial charge on any atom is -0.496 e. The standard InChI is InChI=1S/C8H8BrNO3.C2H6/c1-5-3-8(13-2)6(9)4-7(5)10(11)12;1-2/h3-4H,1-2H3;1-2H3. The van der Waals surface area contributed by atoms with Crippen LogP contribution in [0, 0.1) is 17.0 Å². The smallest absolute Gasteiger partial charge is 0.273 e. The highest BCUT2D eigenvalue weighted by Crippen LogP contribution is 2.31. The number of ether oxygens (including phenoxy) is 1. The van der Waals surface area contributed by atoms with Crippen molar-refractivity contribution >= 4 is 21.6 Å². The largest absolute Gasteiger partial charge is 0.496 e. The van der Waals surface area contributed by atoms with Crippen molar-refractivity contribution in [2.24, 2.45) is 0 Å². The lowest BCUT2D eigenvalue weighted by molar-refractivity contribution is -0.385. The maximum absolute atomic E-state index is 10.5. The van der Waals surface area contributed by atoms with E-state index in [1.165, 1.54) is 13.2 Å². The highest BCUT2D eigenvalue weighted by atomic mass is 79.9. The summed E-state index contributed by atoms with van der Waals surface area (Å²) in [5, 5.41) is 10.5. The molecule has 1 rings (SSSR count). The average molecular weight is 276 g/mol. The summed E-state index contributed by atoms with van der Waals surface area (Å²) in [6.45, 7) is 5.67. The van der Waals surface area contributed by atoms with Gasteiger partial charge in [0.1, 0.15) is 5.75 Å². The fraction of sp³-hybridized carbons (Fsp3) is 0.400. The number of hydrogen-bond donors (Lipinski definition) is 0. The zero-order chi connectivity index (χ0) is 12.0. The van der Waals surface area contributed by atoms with E-state index in [2.05, 4.69) is 15.9 Å². The van der Waals surface area contributed by atoms with E-state index in [1.807, 2.05) is 13.8 Å². The van der Waals surface area contributed by atoms with Gasteiger partial charge in [-0.2, -0.15) is 0 Å². The number of hydrogen-bond acceptors (Lipinski definition) is 3. The van der Waals surface area contributed by atoms with Gasteiger partial charge in [-0.1, -0.05) is 13.8 Å². The number of nitrogens with zero attached hydrogens (tertiary/aromatic N) is 1. The molecule has 15 heavy (non-hydrogen) atoms. The van der Waals surface area contributed by atoms with Gasteiger partial charge in [-0.15, -0.1) is 0 Å². The van der Waals surface area contributed by atoms with Crippen molar-refractivity contribution in [3.8, 4) is 5.75 Å². The van der Waals surface area contributed by atoms with Crippen LogP contribution in [-0.2, 0) is 0 Å².